The van der Waals surface area contributed by atoms with E-state index in [1.54, 1.807) is 76.2 Å². The lowest BCUT2D eigenvalue weighted by molar-refractivity contribution is -0.186. The van der Waals surface area contributed by atoms with Crippen LogP contribution in [0.5, 0.6) is 0 Å². The number of thiol groups is 1. The molecule has 0 saturated carbocycles. The van der Waals surface area contributed by atoms with Crippen molar-refractivity contribution in [1.82, 2.24) is 0 Å². The number of esters is 6. The zero-order valence-corrected chi connectivity index (χ0v) is 37.9. The molecular formula is C38H64O12S4. The van der Waals surface area contributed by atoms with Gasteiger partial charge in [-0.05, 0) is 73.5 Å². The number of carbonyl (C=O) groups excluding carboxylic acids is 6. The molecule has 0 aliphatic heterocycles. The third kappa shape index (κ3) is 23.4. The number of carbonyl (C=O) groups is 6. The topological polar surface area (TPSA) is 158 Å². The van der Waals surface area contributed by atoms with Gasteiger partial charge in [0.1, 0.15) is 24.4 Å². The van der Waals surface area contributed by atoms with Gasteiger partial charge in [0.25, 0.3) is 0 Å². The van der Waals surface area contributed by atoms with E-state index in [2.05, 4.69) is 32.4 Å². The highest BCUT2D eigenvalue weighted by Crippen LogP contribution is 2.20. The Labute approximate surface area is 341 Å². The Morgan fingerprint density at radius 3 is 0.926 bits per heavy atom. The van der Waals surface area contributed by atoms with Crippen molar-refractivity contribution >= 4 is 83.7 Å². The monoisotopic (exact) mass is 840 g/mol. The van der Waals surface area contributed by atoms with Crippen LogP contribution < -0.4 is 0 Å². The Morgan fingerprint density at radius 2 is 0.667 bits per heavy atom. The van der Waals surface area contributed by atoms with Crippen molar-refractivity contribution < 1.29 is 57.2 Å². The van der Waals surface area contributed by atoms with E-state index >= 15 is 0 Å². The van der Waals surface area contributed by atoms with Gasteiger partial charge in [-0.3, -0.25) is 14.4 Å². The van der Waals surface area contributed by atoms with Gasteiger partial charge in [0.15, 0.2) is 12.2 Å². The summed E-state index contributed by atoms with van der Waals surface area (Å²) in [4.78, 5) is 72.1. The van der Waals surface area contributed by atoms with E-state index in [4.69, 9.17) is 28.4 Å². The maximum absolute atomic E-state index is 12.5. The number of thioether (sulfide) groups is 3. The fourth-order valence-corrected chi connectivity index (χ4v) is 5.89. The summed E-state index contributed by atoms with van der Waals surface area (Å²) in [7, 11) is 0. The van der Waals surface area contributed by atoms with Crippen molar-refractivity contribution in [3.05, 3.63) is 36.5 Å². The summed E-state index contributed by atoms with van der Waals surface area (Å²) in [6.45, 7) is 26.7. The predicted octanol–water partition coefficient (Wildman–Crippen LogP) is 6.79. The molecule has 0 rings (SSSR count). The lowest BCUT2D eigenvalue weighted by Gasteiger charge is -2.30. The molecule has 0 aliphatic rings. The molecule has 312 valence electrons. The molecule has 0 aromatic carbocycles. The first-order valence-corrected chi connectivity index (χ1v) is 22.3. The molecule has 12 nitrogen and oxygen atoms in total. The lowest BCUT2D eigenvalue weighted by atomic mass is 10.1. The largest absolute Gasteiger partial charge is 0.458 e. The van der Waals surface area contributed by atoms with E-state index in [1.165, 1.54) is 34.6 Å². The van der Waals surface area contributed by atoms with Crippen LogP contribution in [0.15, 0.2) is 36.5 Å². The highest BCUT2D eigenvalue weighted by Gasteiger charge is 2.36. The first kappa shape index (κ1) is 55.8. The van der Waals surface area contributed by atoms with Crippen molar-refractivity contribution in [2.75, 3.05) is 42.3 Å². The predicted molar refractivity (Wildman–Crippen MR) is 224 cm³/mol. The summed E-state index contributed by atoms with van der Waals surface area (Å²) in [6.07, 6.45) is 2.40. The third-order valence-electron chi connectivity index (χ3n) is 7.04. The molecule has 0 bridgehead atoms. The summed E-state index contributed by atoms with van der Waals surface area (Å²) in [6, 6.07) is 0. The molecule has 0 heterocycles. The molecule has 0 aromatic heterocycles. The molecule has 0 spiro atoms. The normalized spacial score (nSPS) is 15.4. The third-order valence-corrected chi connectivity index (χ3v) is 9.54. The molecule has 7 unspecified atom stereocenters. The van der Waals surface area contributed by atoms with Crippen LogP contribution in [0.25, 0.3) is 0 Å². The SMILES string of the molecule is C=C(C)C(=O)OC(C)C(OC(=O)C(=C)C)C(C)OC(=O)C(=C)C.CS.CSCC(C)C(=O)OC(C)C(OC(=O)C(C)CSC)C(C)OC(=O)C(C)CSC. The molecule has 16 heteroatoms. The van der Waals surface area contributed by atoms with E-state index in [0.717, 1.165) is 0 Å². The van der Waals surface area contributed by atoms with Gasteiger partial charge in [-0.2, -0.15) is 47.9 Å². The molecule has 0 aliphatic carbocycles. The zero-order valence-electron chi connectivity index (χ0n) is 34.5. The van der Waals surface area contributed by atoms with Crippen LogP contribution in [0.4, 0.5) is 0 Å². The van der Waals surface area contributed by atoms with E-state index in [-0.39, 0.29) is 46.4 Å². The summed E-state index contributed by atoms with van der Waals surface area (Å²) in [5.41, 5.74) is 0.577. The fraction of sp³-hybridized carbons (Fsp3) is 0.684. The van der Waals surface area contributed by atoms with E-state index in [0.29, 0.717) is 17.3 Å². The highest BCUT2D eigenvalue weighted by molar-refractivity contribution is 7.99. The second kappa shape index (κ2) is 30.6. The maximum Gasteiger partial charge on any atom is 0.333 e. The minimum Gasteiger partial charge on any atom is -0.458 e. The Balaban J connectivity index is -0.000000943. The maximum atomic E-state index is 12.5. The molecular weight excluding hydrogens is 777 g/mol. The minimum atomic E-state index is -0.995. The van der Waals surface area contributed by atoms with Gasteiger partial charge in [0.05, 0.1) is 17.8 Å². The van der Waals surface area contributed by atoms with Crippen molar-refractivity contribution in [1.29, 1.82) is 0 Å². The standard InChI is InChI=1S/C20H36O6S3.C17H24O6.CH4S/c1-12(9-27-6)18(21)24-15(4)17(26-20(23)14(3)11-29-8)16(5)25-19(22)13(2)10-28-7;1-9(2)15(18)21-12(7)14(23-17(20)11(5)6)13(8)22-16(19)10(3)4;1-2/h12-17H,9-11H2,1-8H3;12-14H,1,3,5H2,2,4,6-8H3;2H,1H3. The van der Waals surface area contributed by atoms with Gasteiger partial charge < -0.3 is 28.4 Å². The van der Waals surface area contributed by atoms with Crippen LogP contribution in [0.1, 0.15) is 69.2 Å². The number of hydrogen-bond donors (Lipinski definition) is 1. The second-order valence-electron chi connectivity index (χ2n) is 12.7. The van der Waals surface area contributed by atoms with Crippen molar-refractivity contribution in [2.24, 2.45) is 17.8 Å². The second-order valence-corrected chi connectivity index (χ2v) is 15.4. The molecule has 0 saturated heterocycles. The Hall–Kier alpha value is -2.56. The first-order valence-electron chi connectivity index (χ1n) is 17.2. The van der Waals surface area contributed by atoms with Crippen LogP contribution in [0.2, 0.25) is 0 Å². The zero-order chi connectivity index (χ0) is 42.9. The Kier molecular flexibility index (Phi) is 31.6. The molecule has 0 amide bonds. The van der Waals surface area contributed by atoms with Gasteiger partial charge in [-0.1, -0.05) is 40.5 Å². The van der Waals surface area contributed by atoms with Crippen LogP contribution in [0.3, 0.4) is 0 Å². The quantitative estimate of drug-likeness (QED) is 0.0525. The van der Waals surface area contributed by atoms with E-state index < -0.39 is 60.5 Å². The van der Waals surface area contributed by atoms with Gasteiger partial charge >= 0.3 is 35.8 Å². The number of ether oxygens (including phenoxy) is 6. The molecule has 0 fully saturated rings. The average molecular weight is 841 g/mol. The molecule has 7 atom stereocenters. The van der Waals surface area contributed by atoms with Crippen molar-refractivity contribution in [3.63, 3.8) is 0 Å². The molecule has 0 aromatic rings. The first-order chi connectivity index (χ1) is 25.0. The van der Waals surface area contributed by atoms with E-state index in [9.17, 15) is 28.8 Å². The van der Waals surface area contributed by atoms with Crippen LogP contribution in [0, 0.1) is 17.8 Å². The van der Waals surface area contributed by atoms with Crippen LogP contribution in [-0.4, -0.2) is 115 Å². The summed E-state index contributed by atoms with van der Waals surface area (Å²) >= 11 is 8.19. The summed E-state index contributed by atoms with van der Waals surface area (Å²) in [5, 5.41) is 0. The average Bonchev–Trinajstić information content (AvgIpc) is 3.09. The van der Waals surface area contributed by atoms with Crippen LogP contribution >= 0.6 is 47.9 Å². The summed E-state index contributed by atoms with van der Waals surface area (Å²) < 4.78 is 32.3. The number of hydrogen-bond acceptors (Lipinski definition) is 16. The van der Waals surface area contributed by atoms with Gasteiger partial charge in [0.2, 0.25) is 0 Å². The smallest absolute Gasteiger partial charge is 0.333 e. The van der Waals surface area contributed by atoms with Gasteiger partial charge in [0, 0.05) is 34.0 Å². The molecule has 0 N–H and O–H groups in total. The highest BCUT2D eigenvalue weighted by atomic mass is 32.2. The molecule has 0 radical (unpaired) electrons. The number of rotatable bonds is 22. The lowest BCUT2D eigenvalue weighted by Crippen LogP contribution is -2.45. The van der Waals surface area contributed by atoms with Crippen LogP contribution in [-0.2, 0) is 57.2 Å². The Bertz CT molecular complexity index is 1170. The van der Waals surface area contributed by atoms with Gasteiger partial charge in [-0.25, -0.2) is 14.4 Å². The molecule has 54 heavy (non-hydrogen) atoms. The van der Waals surface area contributed by atoms with Crippen molar-refractivity contribution in [3.8, 4) is 0 Å². The summed E-state index contributed by atoms with van der Waals surface area (Å²) in [5.74, 6) is -2.05. The Morgan fingerprint density at radius 1 is 0.444 bits per heavy atom. The minimum absolute atomic E-state index is 0.173. The van der Waals surface area contributed by atoms with Gasteiger partial charge in [-0.15, -0.1) is 0 Å². The van der Waals surface area contributed by atoms with E-state index in [1.807, 2.05) is 18.8 Å². The van der Waals surface area contributed by atoms with Crippen molar-refractivity contribution in [2.45, 2.75) is 106 Å². The fourth-order valence-electron chi connectivity index (χ4n) is 3.98.